The molecule has 0 saturated heterocycles. The summed E-state index contributed by atoms with van der Waals surface area (Å²) in [4.78, 5) is 16.6. The molecule has 122 heavy (non-hydrogen) atoms. The van der Waals surface area contributed by atoms with Gasteiger partial charge in [0.05, 0.1) is 46.2 Å². The summed E-state index contributed by atoms with van der Waals surface area (Å²) in [5, 5.41) is 13.2. The Morgan fingerprint density at radius 3 is 0.582 bits per heavy atom. The Labute approximate surface area is 738 Å². The molecule has 0 amide bonds. The summed E-state index contributed by atoms with van der Waals surface area (Å²) in [7, 11) is 0. The fourth-order valence-electron chi connectivity index (χ4n) is 17.3. The molecule has 0 atom stereocenters. The van der Waals surface area contributed by atoms with Crippen LogP contribution in [-0.2, 0) is 0 Å². The van der Waals surface area contributed by atoms with E-state index in [0.29, 0.717) is 46.2 Å². The molecule has 0 unspecified atom stereocenters. The quantitative estimate of drug-likeness (QED) is 0.0237. The fraction of sp³-hybridized carbons (Fsp3) is 0.600. The zero-order chi connectivity index (χ0) is 85.3. The highest BCUT2D eigenvalue weighted by molar-refractivity contribution is 5.86. The maximum atomic E-state index is 9.49. The van der Waals surface area contributed by atoms with E-state index in [1.807, 2.05) is 0 Å². The Kier molecular flexibility index (Phi) is 48.6. The molecule has 8 bridgehead atoms. The van der Waals surface area contributed by atoms with Crippen molar-refractivity contribution in [2.24, 2.45) is 0 Å². The van der Waals surface area contributed by atoms with Crippen LogP contribution >= 0.6 is 0 Å². The van der Waals surface area contributed by atoms with Gasteiger partial charge in [0.25, 0.3) is 0 Å². The van der Waals surface area contributed by atoms with Crippen LogP contribution in [0.25, 0.3) is 22.3 Å². The van der Waals surface area contributed by atoms with Crippen molar-refractivity contribution < 1.29 is 38.3 Å². The number of ether oxygens (including phenoxy) is 7. The van der Waals surface area contributed by atoms with Gasteiger partial charge in [-0.2, -0.15) is 0 Å². The molecule has 9 rings (SSSR count). The molecule has 5 heterocycles. The summed E-state index contributed by atoms with van der Waals surface area (Å²) in [5.41, 5.74) is 11.7. The molecule has 12 heteroatoms. The molecule has 0 saturated carbocycles. The summed E-state index contributed by atoms with van der Waals surface area (Å²) in [5.74, 6) is 5.65. The molecule has 0 radical (unpaired) electrons. The lowest BCUT2D eigenvalue weighted by molar-refractivity contribution is 0.273. The van der Waals surface area contributed by atoms with Crippen LogP contribution in [0.15, 0.2) is 127 Å². The van der Waals surface area contributed by atoms with Crippen molar-refractivity contribution in [2.45, 2.75) is 375 Å². The summed E-state index contributed by atoms with van der Waals surface area (Å²) in [6.45, 7) is 18.4. The van der Waals surface area contributed by atoms with Gasteiger partial charge in [-0.15, -0.1) is 0 Å². The SMILES string of the molecule is CCCCCCCCCCOc1cc(OCCCCCCCCCC)cc(C2=c3ccc([nH]3)=C(c3ccc(OCCCCCCO)cc3)c3ccc([nH]3)C(c3cc(OCCCCCCCCCC)cc(OCCCCCCCCCC)c3)=c3ccc([nH]3)=C(c3cc(OCCCCCCCCCC)cc(OCCCCCCCCCC)c3)c3ccc2[nH]3)c1. The zero-order valence-electron chi connectivity index (χ0n) is 77.4. The van der Waals surface area contributed by atoms with E-state index in [1.165, 1.54) is 231 Å². The van der Waals surface area contributed by atoms with Crippen molar-refractivity contribution >= 4 is 22.3 Å². The van der Waals surface area contributed by atoms with Gasteiger partial charge in [-0.1, -0.05) is 330 Å². The molecular formula is C110H164N4O8. The van der Waals surface area contributed by atoms with Gasteiger partial charge in [-0.25, -0.2) is 0 Å². The van der Waals surface area contributed by atoms with Gasteiger partial charge in [0.1, 0.15) is 40.2 Å². The van der Waals surface area contributed by atoms with E-state index in [4.69, 9.17) is 33.2 Å². The van der Waals surface area contributed by atoms with Gasteiger partial charge in [0.2, 0.25) is 0 Å². The second-order valence-electron chi connectivity index (χ2n) is 35.2. The summed E-state index contributed by atoms with van der Waals surface area (Å²) in [6, 6.07) is 46.5. The topological polar surface area (TPSA) is 148 Å². The second kappa shape index (κ2) is 60.6. The first-order valence-corrected chi connectivity index (χ1v) is 50.2. The number of unbranched alkanes of at least 4 members (excludes halogenated alkanes) is 45. The van der Waals surface area contributed by atoms with Gasteiger partial charge in [-0.05, 0) is 177 Å². The minimum atomic E-state index is 0.222. The van der Waals surface area contributed by atoms with Crippen LogP contribution in [-0.4, -0.2) is 77.9 Å². The second-order valence-corrected chi connectivity index (χ2v) is 35.2. The smallest absolute Gasteiger partial charge is 0.123 e. The highest BCUT2D eigenvalue weighted by Crippen LogP contribution is 2.37. The predicted octanol–water partition coefficient (Wildman–Crippen LogP) is 28.4. The number of aromatic amines is 4. The van der Waals surface area contributed by atoms with E-state index >= 15 is 0 Å². The predicted molar refractivity (Wildman–Crippen MR) is 514 cm³/mol. The molecule has 5 N–H and O–H groups in total. The van der Waals surface area contributed by atoms with Gasteiger partial charge in [-0.3, -0.25) is 0 Å². The number of benzene rings is 4. The van der Waals surface area contributed by atoms with Crippen LogP contribution in [0, 0.1) is 0 Å². The van der Waals surface area contributed by atoms with Crippen LogP contribution in [0.3, 0.4) is 0 Å². The number of aliphatic hydroxyl groups is 1. The lowest BCUT2D eigenvalue weighted by Gasteiger charge is -2.15. The number of H-pyrrole nitrogens is 4. The molecule has 8 aromatic rings. The molecule has 4 aromatic carbocycles. The van der Waals surface area contributed by atoms with Crippen LogP contribution in [0.1, 0.15) is 420 Å². The molecule has 1 aliphatic heterocycles. The summed E-state index contributed by atoms with van der Waals surface area (Å²) in [6.07, 6.45) is 62.7. The first-order chi connectivity index (χ1) is 60.3. The lowest BCUT2D eigenvalue weighted by Crippen LogP contribution is -2.19. The minimum Gasteiger partial charge on any atom is -0.494 e. The van der Waals surface area contributed by atoms with Crippen LogP contribution < -0.4 is 54.6 Å². The number of hydrogen-bond donors (Lipinski definition) is 5. The maximum absolute atomic E-state index is 9.49. The Balaban J connectivity index is 1.24. The van der Waals surface area contributed by atoms with E-state index in [0.717, 1.165) is 232 Å². The van der Waals surface area contributed by atoms with Crippen molar-refractivity contribution in [1.29, 1.82) is 0 Å². The molecule has 0 aliphatic carbocycles. The highest BCUT2D eigenvalue weighted by atomic mass is 16.5. The molecule has 4 aromatic heterocycles. The van der Waals surface area contributed by atoms with Crippen molar-refractivity contribution in [2.75, 3.05) is 52.9 Å². The monoisotopic (exact) mass is 1670 g/mol. The first-order valence-electron chi connectivity index (χ1n) is 50.2. The Morgan fingerprint density at radius 1 is 0.180 bits per heavy atom. The number of hydrogen-bond acceptors (Lipinski definition) is 8. The highest BCUT2D eigenvalue weighted by Gasteiger charge is 2.23. The number of aromatic nitrogens is 4. The van der Waals surface area contributed by atoms with Crippen molar-refractivity contribution in [3.8, 4) is 40.2 Å². The average Bonchev–Trinajstić information content (AvgIpc) is 1.60. The normalized spacial score (nSPS) is 12.2. The van der Waals surface area contributed by atoms with Crippen LogP contribution in [0.4, 0.5) is 0 Å². The lowest BCUT2D eigenvalue weighted by atomic mass is 10.0. The van der Waals surface area contributed by atoms with Crippen molar-refractivity contribution in [1.82, 2.24) is 19.9 Å². The number of rotatable bonds is 71. The third-order valence-corrected chi connectivity index (χ3v) is 24.5. The third-order valence-electron chi connectivity index (χ3n) is 24.5. The zero-order valence-corrected chi connectivity index (χ0v) is 77.4. The van der Waals surface area contributed by atoms with Gasteiger partial charge in [0.15, 0.2) is 0 Å². The van der Waals surface area contributed by atoms with Crippen molar-refractivity contribution in [3.05, 3.63) is 194 Å². The molecule has 1 aliphatic rings. The van der Waals surface area contributed by atoms with Crippen LogP contribution in [0.5, 0.6) is 40.2 Å². The third kappa shape index (κ3) is 35.9. The number of nitrogens with one attached hydrogen (secondary N) is 4. The van der Waals surface area contributed by atoms with Crippen molar-refractivity contribution in [3.63, 3.8) is 0 Å². The molecule has 0 spiro atoms. The Hall–Kier alpha value is -7.96. The Morgan fingerprint density at radius 2 is 0.369 bits per heavy atom. The molecule has 12 nitrogen and oxygen atoms in total. The van der Waals surface area contributed by atoms with E-state index in [2.05, 4.69) is 189 Å². The van der Waals surface area contributed by atoms with Crippen LogP contribution in [0.2, 0.25) is 0 Å². The largest absolute Gasteiger partial charge is 0.494 e. The van der Waals surface area contributed by atoms with Gasteiger partial charge >= 0.3 is 0 Å². The standard InChI is InChI=1S/C110H164N4O8/c1-7-13-19-25-31-37-44-52-73-117-93-79-89(80-94(85-93)118-74-53-45-38-32-26-20-14-8-2)108-101-65-63-99(111-101)107(88-59-61-92(62-60-88)116-72-58-50-43-51-71-115)100-64-66-102(112-100)109(90-81-95(119-75-54-46-39-33-27-21-15-9-3)86-96(82-90)120-76-55-47-40-34-28-22-16-10-4)104-68-70-106(114-104)110(105-69-67-103(108)113-105)91-83-97(121-77-56-48-41-35-29-23-17-11-5)87-98(84-91)122-78-57-49-42-36-30-24-18-12-6/h59-70,79-87,111-115H,7-58,71-78H2,1-6H3. The maximum Gasteiger partial charge on any atom is 0.123 e. The first kappa shape index (κ1) is 97.8. The van der Waals surface area contributed by atoms with E-state index in [1.54, 1.807) is 0 Å². The van der Waals surface area contributed by atoms with E-state index in [9.17, 15) is 5.11 Å². The average molecular weight is 1670 g/mol. The van der Waals surface area contributed by atoms with Gasteiger partial charge < -0.3 is 58.2 Å². The van der Waals surface area contributed by atoms with Gasteiger partial charge in [0, 0.05) is 91.3 Å². The number of fused-ring (bicyclic) bond motifs is 8. The summed E-state index contributed by atoms with van der Waals surface area (Å²) >= 11 is 0. The Bertz CT molecular complexity index is 4220. The van der Waals surface area contributed by atoms with E-state index < -0.39 is 0 Å². The fourth-order valence-corrected chi connectivity index (χ4v) is 17.3. The number of aliphatic hydroxyl groups excluding tert-OH is 1. The molecule has 672 valence electrons. The minimum absolute atomic E-state index is 0.222. The molecular weight excluding hydrogens is 1510 g/mol. The van der Waals surface area contributed by atoms with E-state index in [-0.39, 0.29) is 6.61 Å². The summed E-state index contributed by atoms with van der Waals surface area (Å²) < 4.78 is 48.0. The molecule has 0 fully saturated rings.